The Bertz CT molecular complexity index is 368. The summed E-state index contributed by atoms with van der Waals surface area (Å²) in [6, 6.07) is 4.47. The van der Waals surface area contributed by atoms with E-state index in [0.717, 1.165) is 6.42 Å². The molecule has 0 aliphatic heterocycles. The van der Waals surface area contributed by atoms with Crippen molar-refractivity contribution in [2.75, 3.05) is 0 Å². The van der Waals surface area contributed by atoms with Gasteiger partial charge in [0, 0.05) is 6.42 Å². The Balaban J connectivity index is 0. The zero-order chi connectivity index (χ0) is 16.3. The van der Waals surface area contributed by atoms with E-state index in [4.69, 9.17) is 0 Å². The standard InChI is InChI=1S/C15H22O.2C2H6/c1-6-14(9-12(4)16)15-7-10(2)13(5)11(3)8-15;2*1-2/h7-8,14H,6,9H2,1-5H3;2*1-2H3. The molecule has 0 fully saturated rings. The SMILES string of the molecule is CC.CC.CCC(CC(C)=O)c1cc(C)c(C)c(C)c1. The number of rotatable bonds is 4. The topological polar surface area (TPSA) is 17.1 Å². The van der Waals surface area contributed by atoms with Crippen molar-refractivity contribution in [2.45, 2.75) is 81.1 Å². The van der Waals surface area contributed by atoms with Crippen molar-refractivity contribution in [3.8, 4) is 0 Å². The van der Waals surface area contributed by atoms with Crippen LogP contribution in [0.1, 0.15) is 82.6 Å². The van der Waals surface area contributed by atoms with Gasteiger partial charge < -0.3 is 4.79 Å². The van der Waals surface area contributed by atoms with Gasteiger partial charge in [-0.3, -0.25) is 0 Å². The second-order valence-corrected chi connectivity index (χ2v) is 4.79. The predicted molar refractivity (Wildman–Crippen MR) is 91.7 cm³/mol. The van der Waals surface area contributed by atoms with Crippen LogP contribution < -0.4 is 0 Å². The van der Waals surface area contributed by atoms with Gasteiger partial charge in [0.1, 0.15) is 5.78 Å². The van der Waals surface area contributed by atoms with Crippen LogP contribution in [0.2, 0.25) is 0 Å². The van der Waals surface area contributed by atoms with Crippen molar-refractivity contribution in [3.05, 3.63) is 34.4 Å². The fourth-order valence-corrected chi connectivity index (χ4v) is 2.15. The first-order valence-electron chi connectivity index (χ1n) is 8.02. The summed E-state index contributed by atoms with van der Waals surface area (Å²) < 4.78 is 0. The number of hydrogen-bond donors (Lipinski definition) is 0. The van der Waals surface area contributed by atoms with Crippen molar-refractivity contribution in [2.24, 2.45) is 0 Å². The molecule has 1 nitrogen and oxygen atoms in total. The minimum Gasteiger partial charge on any atom is -0.300 e. The summed E-state index contributed by atoms with van der Waals surface area (Å²) in [6.07, 6.45) is 1.69. The van der Waals surface area contributed by atoms with Gasteiger partial charge in [-0.25, -0.2) is 0 Å². The fraction of sp³-hybridized carbons (Fsp3) is 0.632. The van der Waals surface area contributed by atoms with Gasteiger partial charge in [-0.1, -0.05) is 46.8 Å². The minimum atomic E-state index is 0.280. The summed E-state index contributed by atoms with van der Waals surface area (Å²) in [4.78, 5) is 11.2. The van der Waals surface area contributed by atoms with Crippen LogP contribution in [0.25, 0.3) is 0 Å². The van der Waals surface area contributed by atoms with Crippen LogP contribution in [0.3, 0.4) is 0 Å². The smallest absolute Gasteiger partial charge is 0.130 e. The molecule has 0 saturated heterocycles. The number of carbonyl (C=O) groups is 1. The normalized spacial score (nSPS) is 10.7. The van der Waals surface area contributed by atoms with E-state index in [1.54, 1.807) is 6.92 Å². The Morgan fingerprint density at radius 3 is 1.70 bits per heavy atom. The van der Waals surface area contributed by atoms with Gasteiger partial charge >= 0.3 is 0 Å². The lowest BCUT2D eigenvalue weighted by molar-refractivity contribution is -0.117. The largest absolute Gasteiger partial charge is 0.300 e. The van der Waals surface area contributed by atoms with Crippen molar-refractivity contribution in [1.82, 2.24) is 0 Å². The molecule has 0 radical (unpaired) electrons. The molecule has 0 bridgehead atoms. The first-order chi connectivity index (χ1) is 9.45. The van der Waals surface area contributed by atoms with Crippen molar-refractivity contribution in [1.29, 1.82) is 0 Å². The molecule has 1 unspecified atom stereocenters. The summed E-state index contributed by atoms with van der Waals surface area (Å²) >= 11 is 0. The van der Waals surface area contributed by atoms with E-state index in [1.165, 1.54) is 22.3 Å². The molecule has 1 aromatic carbocycles. The lowest BCUT2D eigenvalue weighted by Crippen LogP contribution is -2.04. The molecule has 0 amide bonds. The second kappa shape index (κ2) is 11.7. The van der Waals surface area contributed by atoms with Gasteiger partial charge in [0.05, 0.1) is 0 Å². The van der Waals surface area contributed by atoms with E-state index in [1.807, 2.05) is 27.7 Å². The summed E-state index contributed by atoms with van der Waals surface area (Å²) in [5, 5.41) is 0. The maximum atomic E-state index is 11.2. The number of hydrogen-bond acceptors (Lipinski definition) is 1. The zero-order valence-electron chi connectivity index (χ0n) is 15.1. The number of benzene rings is 1. The average Bonchev–Trinajstić information content (AvgIpc) is 2.45. The highest BCUT2D eigenvalue weighted by Crippen LogP contribution is 2.27. The molecule has 116 valence electrons. The van der Waals surface area contributed by atoms with E-state index in [2.05, 4.69) is 39.8 Å². The van der Waals surface area contributed by atoms with E-state index >= 15 is 0 Å². The third-order valence-corrected chi connectivity index (χ3v) is 3.45. The van der Waals surface area contributed by atoms with Gasteiger partial charge in [-0.05, 0) is 62.3 Å². The Hall–Kier alpha value is -1.11. The molecular weight excluding hydrogens is 244 g/mol. The van der Waals surface area contributed by atoms with Crippen molar-refractivity contribution < 1.29 is 4.79 Å². The third kappa shape index (κ3) is 6.88. The van der Waals surface area contributed by atoms with Gasteiger partial charge in [-0.15, -0.1) is 0 Å². The van der Waals surface area contributed by atoms with Crippen LogP contribution in [-0.2, 0) is 4.79 Å². The second-order valence-electron chi connectivity index (χ2n) is 4.79. The highest BCUT2D eigenvalue weighted by molar-refractivity contribution is 5.76. The van der Waals surface area contributed by atoms with Crippen LogP contribution in [0.15, 0.2) is 12.1 Å². The van der Waals surface area contributed by atoms with E-state index in [9.17, 15) is 4.79 Å². The van der Waals surface area contributed by atoms with E-state index < -0.39 is 0 Å². The van der Waals surface area contributed by atoms with Gasteiger partial charge in [0.2, 0.25) is 0 Å². The van der Waals surface area contributed by atoms with Gasteiger partial charge in [0.25, 0.3) is 0 Å². The molecule has 0 saturated carbocycles. The monoisotopic (exact) mass is 278 g/mol. The quantitative estimate of drug-likeness (QED) is 0.646. The minimum absolute atomic E-state index is 0.280. The summed E-state index contributed by atoms with van der Waals surface area (Å²) in [7, 11) is 0. The molecule has 0 heterocycles. The Morgan fingerprint density at radius 2 is 1.40 bits per heavy atom. The first-order valence-corrected chi connectivity index (χ1v) is 8.02. The molecular formula is C19H34O. The van der Waals surface area contributed by atoms with Crippen LogP contribution in [0, 0.1) is 20.8 Å². The van der Waals surface area contributed by atoms with Crippen LogP contribution in [-0.4, -0.2) is 5.78 Å². The van der Waals surface area contributed by atoms with Crippen LogP contribution >= 0.6 is 0 Å². The maximum Gasteiger partial charge on any atom is 0.130 e. The molecule has 0 spiro atoms. The summed E-state index contributed by atoms with van der Waals surface area (Å²) in [5.41, 5.74) is 5.34. The van der Waals surface area contributed by atoms with E-state index in [-0.39, 0.29) is 5.78 Å². The third-order valence-electron chi connectivity index (χ3n) is 3.45. The molecule has 20 heavy (non-hydrogen) atoms. The van der Waals surface area contributed by atoms with Crippen molar-refractivity contribution in [3.63, 3.8) is 0 Å². The number of Topliss-reactive ketones (excluding diaryl/α,β-unsaturated/α-hetero) is 1. The molecule has 0 aliphatic carbocycles. The summed E-state index contributed by atoms with van der Waals surface area (Å²) in [6.45, 7) is 18.3. The highest BCUT2D eigenvalue weighted by atomic mass is 16.1. The van der Waals surface area contributed by atoms with Crippen molar-refractivity contribution >= 4 is 5.78 Å². The molecule has 0 aromatic heterocycles. The highest BCUT2D eigenvalue weighted by Gasteiger charge is 2.13. The molecule has 1 aromatic rings. The molecule has 1 heteroatoms. The Labute approximate surface area is 126 Å². The lowest BCUT2D eigenvalue weighted by atomic mass is 9.88. The molecule has 1 rings (SSSR count). The van der Waals surface area contributed by atoms with Gasteiger partial charge in [-0.2, -0.15) is 0 Å². The zero-order valence-corrected chi connectivity index (χ0v) is 15.1. The van der Waals surface area contributed by atoms with Gasteiger partial charge in [0.15, 0.2) is 0 Å². The molecule has 1 atom stereocenters. The Morgan fingerprint density at radius 1 is 1.00 bits per heavy atom. The van der Waals surface area contributed by atoms with E-state index in [0.29, 0.717) is 12.3 Å². The molecule has 0 aliphatic rings. The fourth-order valence-electron chi connectivity index (χ4n) is 2.15. The summed E-state index contributed by atoms with van der Waals surface area (Å²) in [5.74, 6) is 0.665. The van der Waals surface area contributed by atoms with Crippen LogP contribution in [0.4, 0.5) is 0 Å². The predicted octanol–water partition coefficient (Wildman–Crippen LogP) is 6.14. The lowest BCUT2D eigenvalue weighted by Gasteiger charge is -2.17. The number of aryl methyl sites for hydroxylation is 2. The number of ketones is 1. The molecule has 0 N–H and O–H groups in total. The number of carbonyl (C=O) groups excluding carboxylic acids is 1. The average molecular weight is 278 g/mol. The Kier molecular flexibility index (Phi) is 12.4. The maximum absolute atomic E-state index is 11.2. The van der Waals surface area contributed by atoms with Crippen LogP contribution in [0.5, 0.6) is 0 Å². The first kappa shape index (κ1) is 21.2.